The highest BCUT2D eigenvalue weighted by Gasteiger charge is 2.24. The zero-order chi connectivity index (χ0) is 10.5. The van der Waals surface area contributed by atoms with Crippen molar-refractivity contribution in [3.63, 3.8) is 0 Å². The lowest BCUT2D eigenvalue weighted by atomic mass is 10.4. The Labute approximate surface area is 77.1 Å². The molecule has 7 heteroatoms. The summed E-state index contributed by atoms with van der Waals surface area (Å²) in [6.07, 6.45) is 0.665. The minimum atomic E-state index is -4.58. The van der Waals surface area contributed by atoms with Gasteiger partial charge in [0.1, 0.15) is 0 Å². The standard InChI is InChI=1S/C6H15N2O4P/c1-8(2)5-3-4-7-6(9)13(10,11)12/h3-5H2,1-2H3,(H,7,9)(H2,10,11,12). The number of nitrogens with one attached hydrogen (secondary N) is 1. The number of hydrogen-bond acceptors (Lipinski definition) is 3. The lowest BCUT2D eigenvalue weighted by Gasteiger charge is -2.09. The van der Waals surface area contributed by atoms with Gasteiger partial charge in [0.15, 0.2) is 0 Å². The molecule has 78 valence electrons. The Morgan fingerprint density at radius 3 is 2.38 bits per heavy atom. The number of rotatable bonds is 5. The number of amides is 1. The summed E-state index contributed by atoms with van der Waals surface area (Å²) >= 11 is 0. The monoisotopic (exact) mass is 210 g/mol. The van der Waals surface area contributed by atoms with Gasteiger partial charge in [0, 0.05) is 6.54 Å². The molecule has 0 heterocycles. The van der Waals surface area contributed by atoms with E-state index in [0.717, 1.165) is 6.54 Å². The van der Waals surface area contributed by atoms with E-state index in [1.807, 2.05) is 19.0 Å². The van der Waals surface area contributed by atoms with Crippen molar-refractivity contribution in [3.8, 4) is 0 Å². The van der Waals surface area contributed by atoms with E-state index in [4.69, 9.17) is 9.79 Å². The molecule has 0 aromatic carbocycles. The van der Waals surface area contributed by atoms with Crippen molar-refractivity contribution in [1.82, 2.24) is 10.2 Å². The van der Waals surface area contributed by atoms with E-state index in [2.05, 4.69) is 5.32 Å². The minimum Gasteiger partial charge on any atom is -0.346 e. The zero-order valence-electron chi connectivity index (χ0n) is 7.73. The van der Waals surface area contributed by atoms with Gasteiger partial charge in [-0.3, -0.25) is 4.79 Å². The largest absolute Gasteiger partial charge is 0.413 e. The van der Waals surface area contributed by atoms with Crippen molar-refractivity contribution >= 4 is 13.2 Å². The molecule has 0 aliphatic rings. The summed E-state index contributed by atoms with van der Waals surface area (Å²) in [6, 6.07) is 0. The van der Waals surface area contributed by atoms with Crippen LogP contribution in [0.3, 0.4) is 0 Å². The molecular weight excluding hydrogens is 195 g/mol. The molecule has 0 aliphatic carbocycles. The van der Waals surface area contributed by atoms with Crippen LogP contribution in [0.2, 0.25) is 0 Å². The summed E-state index contributed by atoms with van der Waals surface area (Å²) < 4.78 is 10.3. The van der Waals surface area contributed by atoms with Crippen LogP contribution in [0.25, 0.3) is 0 Å². The molecule has 0 aromatic rings. The van der Waals surface area contributed by atoms with Gasteiger partial charge >= 0.3 is 13.2 Å². The number of hydrogen-bond donors (Lipinski definition) is 3. The highest BCUT2D eigenvalue weighted by molar-refractivity contribution is 7.69. The minimum absolute atomic E-state index is 0.280. The van der Waals surface area contributed by atoms with Gasteiger partial charge in [-0.15, -0.1) is 0 Å². The predicted octanol–water partition coefficient (Wildman–Crippen LogP) is -0.175. The molecule has 1 amide bonds. The molecule has 13 heavy (non-hydrogen) atoms. The van der Waals surface area contributed by atoms with Crippen molar-refractivity contribution in [2.75, 3.05) is 27.2 Å². The Kier molecular flexibility index (Phi) is 5.17. The quantitative estimate of drug-likeness (QED) is 0.433. The van der Waals surface area contributed by atoms with Gasteiger partial charge in [-0.1, -0.05) is 0 Å². The van der Waals surface area contributed by atoms with E-state index in [9.17, 15) is 9.36 Å². The Bertz CT molecular complexity index is 213. The number of carbonyl (C=O) groups is 1. The number of carbonyl (C=O) groups excluding carboxylic acids is 1. The molecule has 0 rings (SSSR count). The SMILES string of the molecule is CN(C)CCCNC(=O)P(=O)(O)O. The van der Waals surface area contributed by atoms with Crippen molar-refractivity contribution in [3.05, 3.63) is 0 Å². The first-order chi connectivity index (χ1) is 5.84. The Hall–Kier alpha value is -0.420. The smallest absolute Gasteiger partial charge is 0.346 e. The molecule has 0 spiro atoms. The summed E-state index contributed by atoms with van der Waals surface area (Å²) in [7, 11) is -0.825. The maximum atomic E-state index is 10.6. The average Bonchev–Trinajstić information content (AvgIpc) is 1.95. The Morgan fingerprint density at radius 1 is 1.46 bits per heavy atom. The highest BCUT2D eigenvalue weighted by atomic mass is 31.2. The molecule has 0 saturated carbocycles. The first-order valence-electron chi connectivity index (χ1n) is 3.82. The molecular formula is C6H15N2O4P. The van der Waals surface area contributed by atoms with Crippen LogP contribution < -0.4 is 5.32 Å². The molecule has 6 nitrogen and oxygen atoms in total. The first-order valence-corrected chi connectivity index (χ1v) is 5.44. The van der Waals surface area contributed by atoms with Gasteiger partial charge in [0.25, 0.3) is 0 Å². The van der Waals surface area contributed by atoms with Gasteiger partial charge in [-0.05, 0) is 27.1 Å². The van der Waals surface area contributed by atoms with Crippen molar-refractivity contribution in [2.45, 2.75) is 6.42 Å². The van der Waals surface area contributed by atoms with Crippen LogP contribution in [-0.4, -0.2) is 47.5 Å². The topological polar surface area (TPSA) is 89.9 Å². The molecule has 0 fully saturated rings. The second kappa shape index (κ2) is 5.34. The van der Waals surface area contributed by atoms with E-state index < -0.39 is 13.2 Å². The highest BCUT2D eigenvalue weighted by Crippen LogP contribution is 2.34. The van der Waals surface area contributed by atoms with E-state index in [-0.39, 0.29) is 6.54 Å². The molecule has 0 aliphatic heterocycles. The normalized spacial score (nSPS) is 11.8. The van der Waals surface area contributed by atoms with Gasteiger partial charge in [-0.25, -0.2) is 4.57 Å². The van der Waals surface area contributed by atoms with E-state index >= 15 is 0 Å². The summed E-state index contributed by atoms with van der Waals surface area (Å²) in [6.45, 7) is 1.05. The molecule has 0 radical (unpaired) electrons. The molecule has 0 unspecified atom stereocenters. The van der Waals surface area contributed by atoms with Crippen molar-refractivity contribution in [2.24, 2.45) is 0 Å². The lowest BCUT2D eigenvalue weighted by molar-refractivity contribution is 0.248. The average molecular weight is 210 g/mol. The van der Waals surface area contributed by atoms with Crippen LogP contribution in [0.1, 0.15) is 6.42 Å². The molecule has 0 saturated heterocycles. The van der Waals surface area contributed by atoms with Gasteiger partial charge in [-0.2, -0.15) is 0 Å². The second-order valence-electron chi connectivity index (χ2n) is 2.93. The summed E-state index contributed by atoms with van der Waals surface area (Å²) in [5.41, 5.74) is -1.20. The molecule has 3 N–H and O–H groups in total. The zero-order valence-corrected chi connectivity index (χ0v) is 8.62. The van der Waals surface area contributed by atoms with Crippen molar-refractivity contribution < 1.29 is 19.1 Å². The maximum Gasteiger partial charge on any atom is 0.413 e. The fourth-order valence-electron chi connectivity index (χ4n) is 0.694. The predicted molar refractivity (Wildman–Crippen MR) is 48.6 cm³/mol. The van der Waals surface area contributed by atoms with Crippen LogP contribution in [0, 0.1) is 0 Å². The van der Waals surface area contributed by atoms with Crippen LogP contribution >= 0.6 is 7.60 Å². The van der Waals surface area contributed by atoms with Gasteiger partial charge < -0.3 is 20.0 Å². The Balaban J connectivity index is 3.55. The van der Waals surface area contributed by atoms with E-state index in [0.29, 0.717) is 6.42 Å². The van der Waals surface area contributed by atoms with Crippen molar-refractivity contribution in [1.29, 1.82) is 0 Å². The van der Waals surface area contributed by atoms with E-state index in [1.165, 1.54) is 0 Å². The fraction of sp³-hybridized carbons (Fsp3) is 0.833. The summed E-state index contributed by atoms with van der Waals surface area (Å²) in [5, 5.41) is 2.15. The third kappa shape index (κ3) is 6.72. The fourth-order valence-corrected chi connectivity index (χ4v) is 1.01. The van der Waals surface area contributed by atoms with Crippen LogP contribution in [0.5, 0.6) is 0 Å². The number of nitrogens with zero attached hydrogens (tertiary/aromatic N) is 1. The molecule has 0 bridgehead atoms. The van der Waals surface area contributed by atoms with Crippen LogP contribution in [0.4, 0.5) is 4.79 Å². The third-order valence-corrected chi connectivity index (χ3v) is 2.01. The lowest BCUT2D eigenvalue weighted by Crippen LogP contribution is -2.25. The third-order valence-electron chi connectivity index (χ3n) is 1.32. The summed E-state index contributed by atoms with van der Waals surface area (Å²) in [5.74, 6) is 0. The molecule has 0 atom stereocenters. The second-order valence-corrected chi connectivity index (χ2v) is 4.43. The van der Waals surface area contributed by atoms with Crippen LogP contribution in [-0.2, 0) is 4.57 Å². The van der Waals surface area contributed by atoms with Gasteiger partial charge in [0.05, 0.1) is 0 Å². The molecule has 0 aromatic heterocycles. The maximum absolute atomic E-state index is 10.6. The van der Waals surface area contributed by atoms with E-state index in [1.54, 1.807) is 0 Å². The first kappa shape index (κ1) is 12.6. The Morgan fingerprint density at radius 2 is 2.00 bits per heavy atom. The summed E-state index contributed by atoms with van der Waals surface area (Å²) in [4.78, 5) is 29.3. The van der Waals surface area contributed by atoms with Gasteiger partial charge in [0.2, 0.25) is 0 Å². The van der Waals surface area contributed by atoms with Crippen LogP contribution in [0.15, 0.2) is 0 Å².